The normalized spacial score (nSPS) is 18.1. The summed E-state index contributed by atoms with van der Waals surface area (Å²) in [6, 6.07) is 5.23. The van der Waals surface area contributed by atoms with Crippen LogP contribution >= 0.6 is 0 Å². The fourth-order valence-corrected chi connectivity index (χ4v) is 3.11. The molecule has 1 aromatic heterocycles. The molecule has 1 aromatic carbocycles. The molecular formula is C17H22N4O3. The minimum absolute atomic E-state index is 0.0559. The van der Waals surface area contributed by atoms with Gasteiger partial charge in [0, 0.05) is 24.7 Å². The summed E-state index contributed by atoms with van der Waals surface area (Å²) in [5, 5.41) is 2.89. The first kappa shape index (κ1) is 16.3. The Balaban J connectivity index is 1.68. The molecule has 7 nitrogen and oxygen atoms in total. The summed E-state index contributed by atoms with van der Waals surface area (Å²) < 4.78 is 0. The molecule has 24 heavy (non-hydrogen) atoms. The molecule has 1 saturated heterocycles. The second-order valence-corrected chi connectivity index (χ2v) is 6.61. The van der Waals surface area contributed by atoms with Gasteiger partial charge in [0.15, 0.2) is 0 Å². The van der Waals surface area contributed by atoms with Crippen molar-refractivity contribution in [3.8, 4) is 0 Å². The van der Waals surface area contributed by atoms with Crippen molar-refractivity contribution in [1.82, 2.24) is 14.9 Å². The molecule has 0 bridgehead atoms. The van der Waals surface area contributed by atoms with Gasteiger partial charge in [-0.25, -0.2) is 4.79 Å². The highest BCUT2D eigenvalue weighted by Crippen LogP contribution is 2.21. The topological polar surface area (TPSA) is 98.1 Å². The number of anilines is 1. The lowest BCUT2D eigenvalue weighted by Gasteiger charge is -2.33. The molecule has 7 heteroatoms. The fourth-order valence-electron chi connectivity index (χ4n) is 3.11. The van der Waals surface area contributed by atoms with Gasteiger partial charge >= 0.3 is 5.69 Å². The summed E-state index contributed by atoms with van der Waals surface area (Å²) in [4.78, 5) is 43.1. The zero-order valence-electron chi connectivity index (χ0n) is 13.9. The first-order valence-electron chi connectivity index (χ1n) is 8.26. The number of aromatic amines is 2. The summed E-state index contributed by atoms with van der Waals surface area (Å²) in [6.45, 7) is 4.93. The highest BCUT2D eigenvalue weighted by Gasteiger charge is 2.29. The van der Waals surface area contributed by atoms with E-state index in [4.69, 9.17) is 0 Å². The second-order valence-electron chi connectivity index (χ2n) is 6.61. The fraction of sp³-hybridized carbons (Fsp3) is 0.471. The van der Waals surface area contributed by atoms with Gasteiger partial charge in [-0.1, -0.05) is 13.8 Å². The number of piperidine rings is 1. The summed E-state index contributed by atoms with van der Waals surface area (Å²) in [5.74, 6) is -0.255. The number of rotatable bonds is 3. The van der Waals surface area contributed by atoms with E-state index in [-0.39, 0.29) is 29.3 Å². The number of nitrogens with zero attached hydrogens (tertiary/aromatic N) is 1. The molecule has 2 aromatic rings. The smallest absolute Gasteiger partial charge is 0.323 e. The Morgan fingerprint density at radius 2 is 2.00 bits per heavy atom. The zero-order valence-corrected chi connectivity index (χ0v) is 13.9. The first-order valence-corrected chi connectivity index (χ1v) is 8.26. The van der Waals surface area contributed by atoms with Crippen LogP contribution in [0.1, 0.15) is 26.7 Å². The molecule has 3 rings (SSSR count). The number of imidazole rings is 1. The third-order valence-electron chi connectivity index (χ3n) is 4.38. The van der Waals surface area contributed by atoms with Crippen molar-refractivity contribution >= 4 is 28.5 Å². The standard InChI is InChI=1S/C17H22N4O3/c1-10(2)16(23)21-7-3-4-11(9-21)15(22)18-12-5-6-13-14(8-12)20-17(24)19-13/h5-6,8,10-11H,3-4,7,9H2,1-2H3,(H,18,22)(H2,19,20,24). The van der Waals surface area contributed by atoms with Crippen molar-refractivity contribution in [2.24, 2.45) is 11.8 Å². The lowest BCUT2D eigenvalue weighted by molar-refractivity contribution is -0.137. The maximum absolute atomic E-state index is 12.5. The SMILES string of the molecule is CC(C)C(=O)N1CCCC(C(=O)Nc2ccc3[nH]c(=O)[nH]c3c2)C1. The van der Waals surface area contributed by atoms with Crippen LogP contribution in [-0.2, 0) is 9.59 Å². The molecule has 1 aliphatic rings. The maximum atomic E-state index is 12.5. The first-order chi connectivity index (χ1) is 11.4. The number of fused-ring (bicyclic) bond motifs is 1. The molecule has 0 radical (unpaired) electrons. The van der Waals surface area contributed by atoms with Crippen LogP contribution in [0, 0.1) is 11.8 Å². The van der Waals surface area contributed by atoms with Crippen molar-refractivity contribution < 1.29 is 9.59 Å². The molecule has 2 amide bonds. The number of benzene rings is 1. The van der Waals surface area contributed by atoms with Gasteiger partial charge in [0.05, 0.1) is 17.0 Å². The Kier molecular flexibility index (Phi) is 4.42. The van der Waals surface area contributed by atoms with Gasteiger partial charge in [-0.15, -0.1) is 0 Å². The van der Waals surface area contributed by atoms with Crippen LogP contribution in [0.2, 0.25) is 0 Å². The van der Waals surface area contributed by atoms with Crippen LogP contribution in [0.5, 0.6) is 0 Å². The third kappa shape index (κ3) is 3.34. The average Bonchev–Trinajstić information content (AvgIpc) is 2.93. The van der Waals surface area contributed by atoms with E-state index in [1.165, 1.54) is 0 Å². The number of hydrogen-bond donors (Lipinski definition) is 3. The van der Waals surface area contributed by atoms with E-state index in [2.05, 4.69) is 15.3 Å². The van der Waals surface area contributed by atoms with Crippen molar-refractivity contribution in [3.63, 3.8) is 0 Å². The number of nitrogens with one attached hydrogen (secondary N) is 3. The molecule has 2 heterocycles. The maximum Gasteiger partial charge on any atom is 0.323 e. The van der Waals surface area contributed by atoms with Crippen LogP contribution in [0.4, 0.5) is 5.69 Å². The molecule has 0 aliphatic carbocycles. The lowest BCUT2D eigenvalue weighted by atomic mass is 9.96. The van der Waals surface area contributed by atoms with E-state index in [0.717, 1.165) is 19.4 Å². The number of aromatic nitrogens is 2. The summed E-state index contributed by atoms with van der Waals surface area (Å²) in [6.07, 6.45) is 1.61. The average molecular weight is 330 g/mol. The zero-order chi connectivity index (χ0) is 17.3. The van der Waals surface area contributed by atoms with Gasteiger partial charge < -0.3 is 20.2 Å². The number of carbonyl (C=O) groups excluding carboxylic acids is 2. The van der Waals surface area contributed by atoms with Crippen LogP contribution < -0.4 is 11.0 Å². The summed E-state index contributed by atoms with van der Waals surface area (Å²) in [7, 11) is 0. The van der Waals surface area contributed by atoms with E-state index in [1.54, 1.807) is 23.1 Å². The van der Waals surface area contributed by atoms with Crippen LogP contribution in [-0.4, -0.2) is 39.8 Å². The van der Waals surface area contributed by atoms with E-state index in [9.17, 15) is 14.4 Å². The summed E-state index contributed by atoms with van der Waals surface area (Å²) in [5.41, 5.74) is 1.71. The highest BCUT2D eigenvalue weighted by atomic mass is 16.2. The second kappa shape index (κ2) is 6.51. The number of hydrogen-bond acceptors (Lipinski definition) is 3. The van der Waals surface area contributed by atoms with Crippen molar-refractivity contribution in [3.05, 3.63) is 28.7 Å². The molecule has 0 spiro atoms. The Labute approximate surface area is 139 Å². The Morgan fingerprint density at radius 3 is 2.75 bits per heavy atom. The predicted molar refractivity (Wildman–Crippen MR) is 91.7 cm³/mol. The number of carbonyl (C=O) groups is 2. The van der Waals surface area contributed by atoms with Gasteiger partial charge in [0.1, 0.15) is 0 Å². The van der Waals surface area contributed by atoms with E-state index >= 15 is 0 Å². The molecule has 3 N–H and O–H groups in total. The van der Waals surface area contributed by atoms with Gasteiger partial charge in [-0.2, -0.15) is 0 Å². The Morgan fingerprint density at radius 1 is 1.25 bits per heavy atom. The summed E-state index contributed by atoms with van der Waals surface area (Å²) >= 11 is 0. The quantitative estimate of drug-likeness (QED) is 0.798. The van der Waals surface area contributed by atoms with Gasteiger partial charge in [0.25, 0.3) is 0 Å². The minimum Gasteiger partial charge on any atom is -0.342 e. The van der Waals surface area contributed by atoms with Crippen molar-refractivity contribution in [1.29, 1.82) is 0 Å². The molecule has 1 fully saturated rings. The Hall–Kier alpha value is -2.57. The van der Waals surface area contributed by atoms with Crippen LogP contribution in [0.25, 0.3) is 11.0 Å². The molecule has 1 aliphatic heterocycles. The monoisotopic (exact) mass is 330 g/mol. The van der Waals surface area contributed by atoms with Gasteiger partial charge in [0.2, 0.25) is 11.8 Å². The molecule has 128 valence electrons. The lowest BCUT2D eigenvalue weighted by Crippen LogP contribution is -2.45. The third-order valence-corrected chi connectivity index (χ3v) is 4.38. The van der Waals surface area contributed by atoms with E-state index < -0.39 is 0 Å². The largest absolute Gasteiger partial charge is 0.342 e. The van der Waals surface area contributed by atoms with E-state index in [1.807, 2.05) is 13.8 Å². The number of H-pyrrole nitrogens is 2. The molecular weight excluding hydrogens is 308 g/mol. The Bertz CT molecular complexity index is 821. The number of amides is 2. The van der Waals surface area contributed by atoms with Crippen molar-refractivity contribution in [2.75, 3.05) is 18.4 Å². The highest BCUT2D eigenvalue weighted by molar-refractivity contribution is 5.95. The van der Waals surface area contributed by atoms with Gasteiger partial charge in [-0.3, -0.25) is 9.59 Å². The van der Waals surface area contributed by atoms with E-state index in [0.29, 0.717) is 23.3 Å². The van der Waals surface area contributed by atoms with Crippen LogP contribution in [0.3, 0.4) is 0 Å². The molecule has 1 atom stereocenters. The van der Waals surface area contributed by atoms with Crippen molar-refractivity contribution in [2.45, 2.75) is 26.7 Å². The molecule has 1 unspecified atom stereocenters. The minimum atomic E-state index is -0.274. The number of likely N-dealkylation sites (tertiary alicyclic amines) is 1. The predicted octanol–water partition coefficient (Wildman–Crippen LogP) is 1.69. The molecule has 0 saturated carbocycles. The van der Waals surface area contributed by atoms with Gasteiger partial charge in [-0.05, 0) is 31.0 Å². The van der Waals surface area contributed by atoms with Crippen LogP contribution in [0.15, 0.2) is 23.0 Å².